The van der Waals surface area contributed by atoms with Gasteiger partial charge in [0.25, 0.3) is 0 Å². The molecule has 0 N–H and O–H groups in total. The van der Waals surface area contributed by atoms with E-state index in [0.717, 1.165) is 60.9 Å². The second-order valence-corrected chi connectivity index (χ2v) is 6.33. The third-order valence-electron chi connectivity index (χ3n) is 4.70. The van der Waals surface area contributed by atoms with Gasteiger partial charge in [0.05, 0.1) is 6.33 Å². The minimum absolute atomic E-state index is 0.190. The van der Waals surface area contributed by atoms with Crippen LogP contribution in [0.2, 0.25) is 0 Å². The van der Waals surface area contributed by atoms with Crippen LogP contribution in [0.25, 0.3) is 11.2 Å². The number of anilines is 1. The summed E-state index contributed by atoms with van der Waals surface area (Å²) in [5, 5.41) is 0. The van der Waals surface area contributed by atoms with E-state index in [9.17, 15) is 0 Å². The highest BCUT2D eigenvalue weighted by Crippen LogP contribution is 2.26. The molecule has 0 radical (unpaired) electrons. The predicted molar refractivity (Wildman–Crippen MR) is 95.8 cm³/mol. The van der Waals surface area contributed by atoms with Crippen LogP contribution in [0, 0.1) is 6.92 Å². The highest BCUT2D eigenvalue weighted by atomic mass is 16.5. The first-order chi connectivity index (χ1) is 12.3. The van der Waals surface area contributed by atoms with E-state index in [-0.39, 0.29) is 6.10 Å². The Kier molecular flexibility index (Phi) is 4.21. The van der Waals surface area contributed by atoms with E-state index >= 15 is 0 Å². The third-order valence-corrected chi connectivity index (χ3v) is 4.70. The largest absolute Gasteiger partial charge is 0.474 e. The van der Waals surface area contributed by atoms with Crippen LogP contribution < -0.4 is 9.64 Å². The van der Waals surface area contributed by atoms with Crippen LogP contribution in [-0.2, 0) is 6.54 Å². The average Bonchev–Trinajstić information content (AvgIpc) is 3.07. The molecule has 1 aliphatic rings. The lowest BCUT2D eigenvalue weighted by Gasteiger charge is -2.32. The van der Waals surface area contributed by atoms with Crippen molar-refractivity contribution in [3.63, 3.8) is 0 Å². The van der Waals surface area contributed by atoms with Crippen molar-refractivity contribution in [1.82, 2.24) is 24.5 Å². The summed E-state index contributed by atoms with van der Waals surface area (Å²) in [6.45, 7) is 6.75. The zero-order chi connectivity index (χ0) is 17.2. The fourth-order valence-electron chi connectivity index (χ4n) is 3.27. The number of hydrogen-bond acceptors (Lipinski definition) is 6. The molecule has 3 aromatic rings. The number of fused-ring (bicyclic) bond motifs is 1. The predicted octanol–water partition coefficient (Wildman–Crippen LogP) is 2.60. The van der Waals surface area contributed by atoms with Crippen molar-refractivity contribution in [2.45, 2.75) is 39.3 Å². The molecule has 25 heavy (non-hydrogen) atoms. The van der Waals surface area contributed by atoms with E-state index in [1.807, 2.05) is 30.0 Å². The lowest BCUT2D eigenvalue weighted by molar-refractivity contribution is 0.162. The Morgan fingerprint density at radius 1 is 1.16 bits per heavy atom. The van der Waals surface area contributed by atoms with Gasteiger partial charge in [0, 0.05) is 44.2 Å². The first-order valence-corrected chi connectivity index (χ1v) is 8.75. The Hall–Kier alpha value is -2.70. The van der Waals surface area contributed by atoms with Crippen LogP contribution in [-0.4, -0.2) is 43.7 Å². The van der Waals surface area contributed by atoms with Gasteiger partial charge in [-0.05, 0) is 19.9 Å². The molecule has 0 aromatic carbocycles. The first-order valence-electron chi connectivity index (χ1n) is 8.75. The van der Waals surface area contributed by atoms with Gasteiger partial charge in [0.2, 0.25) is 5.88 Å². The monoisotopic (exact) mass is 338 g/mol. The van der Waals surface area contributed by atoms with Gasteiger partial charge in [-0.1, -0.05) is 6.07 Å². The smallest absolute Gasteiger partial charge is 0.216 e. The topological polar surface area (TPSA) is 69.0 Å². The van der Waals surface area contributed by atoms with Crippen molar-refractivity contribution in [1.29, 1.82) is 0 Å². The molecule has 3 aromatic heterocycles. The van der Waals surface area contributed by atoms with Gasteiger partial charge in [-0.2, -0.15) is 0 Å². The molecule has 130 valence electrons. The standard InChI is InChI=1S/C18H22N6O/c1-3-23-12-22-15-16(23)20-11-21-17(15)24-9-6-14(7-10-24)25-18-13(2)5-4-8-19-18/h4-5,8,11-12,14H,3,6-7,9-10H2,1-2H3. The lowest BCUT2D eigenvalue weighted by Crippen LogP contribution is -2.39. The van der Waals surface area contributed by atoms with Gasteiger partial charge in [0.15, 0.2) is 17.0 Å². The van der Waals surface area contributed by atoms with E-state index in [1.54, 1.807) is 12.5 Å². The maximum Gasteiger partial charge on any atom is 0.216 e. The fraction of sp³-hybridized carbons (Fsp3) is 0.444. The molecule has 0 saturated carbocycles. The van der Waals surface area contributed by atoms with E-state index in [1.165, 1.54) is 0 Å². The summed E-state index contributed by atoms with van der Waals surface area (Å²) in [5.74, 6) is 1.66. The molecule has 4 rings (SSSR count). The van der Waals surface area contributed by atoms with Gasteiger partial charge in [-0.25, -0.2) is 19.9 Å². The van der Waals surface area contributed by atoms with Crippen molar-refractivity contribution in [3.05, 3.63) is 36.5 Å². The first kappa shape index (κ1) is 15.8. The SMILES string of the molecule is CCn1cnc2c(N3CCC(Oc4ncccc4C)CC3)ncnc21. The number of rotatable bonds is 4. The van der Waals surface area contributed by atoms with Crippen molar-refractivity contribution in [2.75, 3.05) is 18.0 Å². The molecule has 1 aliphatic heterocycles. The zero-order valence-electron chi connectivity index (χ0n) is 14.6. The van der Waals surface area contributed by atoms with Crippen molar-refractivity contribution >= 4 is 17.0 Å². The molecule has 0 amide bonds. The molecule has 7 heteroatoms. The third kappa shape index (κ3) is 3.01. The van der Waals surface area contributed by atoms with Gasteiger partial charge in [-0.15, -0.1) is 0 Å². The van der Waals surface area contributed by atoms with E-state index < -0.39 is 0 Å². The summed E-state index contributed by atoms with van der Waals surface area (Å²) in [6.07, 6.45) is 7.31. The fourth-order valence-corrected chi connectivity index (χ4v) is 3.27. The Bertz CT molecular complexity index is 869. The number of nitrogens with zero attached hydrogens (tertiary/aromatic N) is 6. The van der Waals surface area contributed by atoms with Crippen LogP contribution in [0.15, 0.2) is 31.0 Å². The molecule has 0 bridgehead atoms. The Balaban J connectivity index is 1.47. The second kappa shape index (κ2) is 6.66. The van der Waals surface area contributed by atoms with E-state index in [2.05, 4.69) is 31.8 Å². The Morgan fingerprint density at radius 2 is 2.00 bits per heavy atom. The molecule has 0 unspecified atom stereocenters. The zero-order valence-corrected chi connectivity index (χ0v) is 14.6. The number of piperidine rings is 1. The maximum absolute atomic E-state index is 6.09. The molecule has 1 fully saturated rings. The minimum atomic E-state index is 0.190. The highest BCUT2D eigenvalue weighted by Gasteiger charge is 2.24. The number of aryl methyl sites for hydroxylation is 2. The number of aromatic nitrogens is 5. The van der Waals surface area contributed by atoms with E-state index in [0.29, 0.717) is 0 Å². The Morgan fingerprint density at radius 3 is 2.76 bits per heavy atom. The summed E-state index contributed by atoms with van der Waals surface area (Å²) >= 11 is 0. The molecule has 0 atom stereocenters. The maximum atomic E-state index is 6.09. The van der Waals surface area contributed by atoms with Gasteiger partial charge in [0.1, 0.15) is 12.4 Å². The van der Waals surface area contributed by atoms with Crippen LogP contribution in [0.5, 0.6) is 5.88 Å². The molecule has 0 aliphatic carbocycles. The molecule has 7 nitrogen and oxygen atoms in total. The molecule has 1 saturated heterocycles. The van der Waals surface area contributed by atoms with Gasteiger partial charge < -0.3 is 14.2 Å². The van der Waals surface area contributed by atoms with Crippen LogP contribution in [0.1, 0.15) is 25.3 Å². The highest BCUT2D eigenvalue weighted by molar-refractivity contribution is 5.83. The minimum Gasteiger partial charge on any atom is -0.474 e. The summed E-state index contributed by atoms with van der Waals surface area (Å²) in [7, 11) is 0. The molecule has 0 spiro atoms. The van der Waals surface area contributed by atoms with Crippen molar-refractivity contribution in [3.8, 4) is 5.88 Å². The average molecular weight is 338 g/mol. The van der Waals surface area contributed by atoms with Crippen LogP contribution in [0.4, 0.5) is 5.82 Å². The van der Waals surface area contributed by atoms with Gasteiger partial charge >= 0.3 is 0 Å². The molecule has 4 heterocycles. The second-order valence-electron chi connectivity index (χ2n) is 6.33. The van der Waals surface area contributed by atoms with Gasteiger partial charge in [-0.3, -0.25) is 0 Å². The summed E-state index contributed by atoms with van der Waals surface area (Å²) in [5.41, 5.74) is 2.85. The lowest BCUT2D eigenvalue weighted by atomic mass is 10.1. The van der Waals surface area contributed by atoms with Crippen molar-refractivity contribution in [2.24, 2.45) is 0 Å². The number of hydrogen-bond donors (Lipinski definition) is 0. The Labute approximate surface area is 146 Å². The number of ether oxygens (including phenoxy) is 1. The molecular weight excluding hydrogens is 316 g/mol. The normalized spacial score (nSPS) is 15.7. The summed E-state index contributed by atoms with van der Waals surface area (Å²) in [4.78, 5) is 20.0. The van der Waals surface area contributed by atoms with Crippen LogP contribution >= 0.6 is 0 Å². The van der Waals surface area contributed by atoms with Crippen molar-refractivity contribution < 1.29 is 4.74 Å². The number of imidazole rings is 1. The summed E-state index contributed by atoms with van der Waals surface area (Å²) in [6, 6.07) is 3.96. The quantitative estimate of drug-likeness (QED) is 0.728. The summed E-state index contributed by atoms with van der Waals surface area (Å²) < 4.78 is 8.13. The number of pyridine rings is 1. The molecular formula is C18H22N6O. The van der Waals surface area contributed by atoms with E-state index in [4.69, 9.17) is 4.74 Å². The van der Waals surface area contributed by atoms with Crippen LogP contribution in [0.3, 0.4) is 0 Å².